The van der Waals surface area contributed by atoms with Crippen molar-refractivity contribution in [3.8, 4) is 5.75 Å². The van der Waals surface area contributed by atoms with E-state index in [0.717, 1.165) is 22.9 Å². The molecule has 5 heteroatoms. The van der Waals surface area contributed by atoms with E-state index < -0.39 is 0 Å². The van der Waals surface area contributed by atoms with E-state index in [2.05, 4.69) is 12.1 Å². The summed E-state index contributed by atoms with van der Waals surface area (Å²) in [5.41, 5.74) is 4.32. The van der Waals surface area contributed by atoms with E-state index in [9.17, 15) is 9.59 Å². The number of aryl methyl sites for hydroxylation is 2. The first kappa shape index (κ1) is 17.3. The lowest BCUT2D eigenvalue weighted by molar-refractivity contribution is -0.134. The van der Waals surface area contributed by atoms with Gasteiger partial charge in [-0.05, 0) is 54.7 Å². The molecule has 138 valence electrons. The number of carbonyl (C=O) groups is 1. The molecule has 27 heavy (non-hydrogen) atoms. The molecule has 1 amide bonds. The fourth-order valence-corrected chi connectivity index (χ4v) is 3.54. The van der Waals surface area contributed by atoms with Crippen molar-refractivity contribution >= 4 is 16.9 Å². The zero-order chi connectivity index (χ0) is 19.0. The van der Waals surface area contributed by atoms with E-state index in [1.165, 1.54) is 17.2 Å². The second-order valence-corrected chi connectivity index (χ2v) is 6.98. The van der Waals surface area contributed by atoms with E-state index in [1.54, 1.807) is 6.07 Å². The summed E-state index contributed by atoms with van der Waals surface area (Å²) in [4.78, 5) is 26.0. The average Bonchev–Trinajstić information content (AvgIpc) is 2.65. The van der Waals surface area contributed by atoms with Crippen molar-refractivity contribution in [1.82, 2.24) is 4.90 Å². The quantitative estimate of drug-likeness (QED) is 0.670. The highest BCUT2D eigenvalue weighted by atomic mass is 16.5. The second-order valence-electron chi connectivity index (χ2n) is 6.98. The lowest BCUT2D eigenvalue weighted by Gasteiger charge is -2.28. The second kappa shape index (κ2) is 6.91. The van der Waals surface area contributed by atoms with Crippen molar-refractivity contribution in [1.29, 1.82) is 0 Å². The first-order valence-electron chi connectivity index (χ1n) is 9.04. The van der Waals surface area contributed by atoms with Crippen LogP contribution in [0.4, 0.5) is 0 Å². The standard InChI is InChI=1S/C22H21NO4/c1-14-10-22(25)27-20-9-15(2)19(11-18(14)20)26-13-21(24)23-8-7-16-5-3-4-6-17(16)12-23/h3-6,9-11H,7-8,12-13H2,1-2H3. The van der Waals surface area contributed by atoms with Crippen LogP contribution >= 0.6 is 0 Å². The fourth-order valence-electron chi connectivity index (χ4n) is 3.54. The molecule has 0 unspecified atom stereocenters. The molecule has 0 saturated carbocycles. The largest absolute Gasteiger partial charge is 0.483 e. The van der Waals surface area contributed by atoms with E-state index >= 15 is 0 Å². The lowest BCUT2D eigenvalue weighted by Crippen LogP contribution is -2.38. The number of rotatable bonds is 3. The predicted octanol–water partition coefficient (Wildman–Crippen LogP) is 3.37. The monoisotopic (exact) mass is 363 g/mol. The van der Waals surface area contributed by atoms with Crippen molar-refractivity contribution < 1.29 is 13.9 Å². The van der Waals surface area contributed by atoms with Crippen LogP contribution in [0.3, 0.4) is 0 Å². The van der Waals surface area contributed by atoms with Crippen LogP contribution in [0.5, 0.6) is 5.75 Å². The van der Waals surface area contributed by atoms with E-state index in [-0.39, 0.29) is 18.1 Å². The normalized spacial score (nSPS) is 13.5. The van der Waals surface area contributed by atoms with Gasteiger partial charge in [0, 0.05) is 24.5 Å². The molecule has 5 nitrogen and oxygen atoms in total. The van der Waals surface area contributed by atoms with Gasteiger partial charge in [0.2, 0.25) is 0 Å². The molecule has 0 bridgehead atoms. The minimum atomic E-state index is -0.367. The molecule has 3 aromatic rings. The number of nitrogens with zero attached hydrogens (tertiary/aromatic N) is 1. The van der Waals surface area contributed by atoms with Crippen LogP contribution in [0.1, 0.15) is 22.3 Å². The Bertz CT molecular complexity index is 1080. The Hall–Kier alpha value is -3.08. The number of ether oxygens (including phenoxy) is 1. The molecular formula is C22H21NO4. The zero-order valence-corrected chi connectivity index (χ0v) is 15.5. The minimum Gasteiger partial charge on any atom is -0.483 e. The van der Waals surface area contributed by atoms with Gasteiger partial charge in [-0.1, -0.05) is 24.3 Å². The Labute approximate surface area is 157 Å². The SMILES string of the molecule is Cc1cc2oc(=O)cc(C)c2cc1OCC(=O)N1CCc2ccccc2C1. The summed E-state index contributed by atoms with van der Waals surface area (Å²) in [5, 5.41) is 0.814. The minimum absolute atomic E-state index is 0.00958. The van der Waals surface area contributed by atoms with Gasteiger partial charge in [-0.15, -0.1) is 0 Å². The molecule has 0 N–H and O–H groups in total. The highest BCUT2D eigenvalue weighted by Crippen LogP contribution is 2.27. The smallest absolute Gasteiger partial charge is 0.336 e. The van der Waals surface area contributed by atoms with Crippen LogP contribution in [0.2, 0.25) is 0 Å². The van der Waals surface area contributed by atoms with Crippen LogP contribution in [0, 0.1) is 13.8 Å². The van der Waals surface area contributed by atoms with Gasteiger partial charge in [0.1, 0.15) is 11.3 Å². The Morgan fingerprint density at radius 3 is 2.70 bits per heavy atom. The topological polar surface area (TPSA) is 59.8 Å². The third kappa shape index (κ3) is 3.45. The van der Waals surface area contributed by atoms with Crippen LogP contribution in [-0.4, -0.2) is 24.0 Å². The Balaban J connectivity index is 1.49. The number of fused-ring (bicyclic) bond motifs is 2. The molecule has 0 spiro atoms. The molecule has 2 aromatic carbocycles. The summed E-state index contributed by atoms with van der Waals surface area (Å²) in [6, 6.07) is 13.3. The van der Waals surface area contributed by atoms with Gasteiger partial charge in [0.25, 0.3) is 5.91 Å². The van der Waals surface area contributed by atoms with Gasteiger partial charge < -0.3 is 14.1 Å². The van der Waals surface area contributed by atoms with Gasteiger partial charge in [-0.25, -0.2) is 4.79 Å². The van der Waals surface area contributed by atoms with E-state index in [0.29, 0.717) is 24.4 Å². The molecule has 0 atom stereocenters. The predicted molar refractivity (Wildman–Crippen MR) is 103 cm³/mol. The number of benzene rings is 2. The van der Waals surface area contributed by atoms with Crippen LogP contribution in [0.15, 0.2) is 51.7 Å². The van der Waals surface area contributed by atoms with Gasteiger partial charge in [-0.3, -0.25) is 4.79 Å². The molecule has 0 fully saturated rings. The van der Waals surface area contributed by atoms with Gasteiger partial charge >= 0.3 is 5.63 Å². The highest BCUT2D eigenvalue weighted by Gasteiger charge is 2.21. The average molecular weight is 363 g/mol. The van der Waals surface area contributed by atoms with Crippen LogP contribution in [0.25, 0.3) is 11.0 Å². The zero-order valence-electron chi connectivity index (χ0n) is 15.5. The van der Waals surface area contributed by atoms with Crippen molar-refractivity contribution in [3.63, 3.8) is 0 Å². The van der Waals surface area contributed by atoms with Crippen molar-refractivity contribution in [2.45, 2.75) is 26.8 Å². The van der Waals surface area contributed by atoms with Crippen molar-refractivity contribution in [2.75, 3.05) is 13.2 Å². The van der Waals surface area contributed by atoms with Gasteiger partial charge in [0.15, 0.2) is 6.61 Å². The third-order valence-electron chi connectivity index (χ3n) is 5.08. The third-order valence-corrected chi connectivity index (χ3v) is 5.08. The van der Waals surface area contributed by atoms with Gasteiger partial charge in [-0.2, -0.15) is 0 Å². The highest BCUT2D eigenvalue weighted by molar-refractivity contribution is 5.83. The maximum absolute atomic E-state index is 12.6. The number of carbonyl (C=O) groups excluding carboxylic acids is 1. The maximum atomic E-state index is 12.6. The van der Waals surface area contributed by atoms with Crippen LogP contribution in [-0.2, 0) is 17.8 Å². The summed E-state index contributed by atoms with van der Waals surface area (Å²) in [5.74, 6) is 0.602. The maximum Gasteiger partial charge on any atom is 0.336 e. The summed E-state index contributed by atoms with van der Waals surface area (Å²) < 4.78 is 11.1. The molecular weight excluding hydrogens is 342 g/mol. The molecule has 4 rings (SSSR count). The number of hydrogen-bond donors (Lipinski definition) is 0. The van der Waals surface area contributed by atoms with Crippen molar-refractivity contribution in [2.24, 2.45) is 0 Å². The molecule has 1 aliphatic heterocycles. The summed E-state index contributed by atoms with van der Waals surface area (Å²) in [6.45, 7) is 5.05. The molecule has 0 saturated heterocycles. The molecule has 2 heterocycles. The van der Waals surface area contributed by atoms with Crippen LogP contribution < -0.4 is 10.4 Å². The summed E-state index contributed by atoms with van der Waals surface area (Å²) >= 11 is 0. The van der Waals surface area contributed by atoms with Gasteiger partial charge in [0.05, 0.1) is 0 Å². The first-order chi connectivity index (χ1) is 13.0. The molecule has 1 aliphatic rings. The molecule has 1 aromatic heterocycles. The Kier molecular flexibility index (Phi) is 4.44. The molecule has 0 aliphatic carbocycles. The Morgan fingerprint density at radius 2 is 1.89 bits per heavy atom. The fraction of sp³-hybridized carbons (Fsp3) is 0.273. The molecule has 0 radical (unpaired) electrons. The lowest BCUT2D eigenvalue weighted by atomic mass is 10.00. The van der Waals surface area contributed by atoms with E-state index in [1.807, 2.05) is 36.9 Å². The number of hydrogen-bond acceptors (Lipinski definition) is 4. The first-order valence-corrected chi connectivity index (χ1v) is 9.04. The summed E-state index contributed by atoms with van der Waals surface area (Å²) in [7, 11) is 0. The van der Waals surface area contributed by atoms with E-state index in [4.69, 9.17) is 9.15 Å². The Morgan fingerprint density at radius 1 is 1.11 bits per heavy atom. The van der Waals surface area contributed by atoms with Crippen molar-refractivity contribution in [3.05, 3.63) is 75.1 Å². The summed E-state index contributed by atoms with van der Waals surface area (Å²) in [6.07, 6.45) is 0.870. The number of amides is 1.